The Labute approximate surface area is 208 Å². The smallest absolute Gasteiger partial charge is 0.259 e. The molecule has 5 rings (SSSR count). The maximum Gasteiger partial charge on any atom is 0.259 e. The van der Waals surface area contributed by atoms with E-state index in [1.165, 1.54) is 12.8 Å². The zero-order chi connectivity index (χ0) is 24.7. The van der Waals surface area contributed by atoms with Gasteiger partial charge in [-0.25, -0.2) is 0 Å². The number of hydrogen-bond donors (Lipinski definition) is 3. The van der Waals surface area contributed by atoms with Crippen molar-refractivity contribution in [1.29, 1.82) is 0 Å². The second-order valence-corrected chi connectivity index (χ2v) is 11.3. The average Bonchev–Trinajstić information content (AvgIpc) is 3.44. The van der Waals surface area contributed by atoms with Gasteiger partial charge in [-0.15, -0.1) is 0 Å². The van der Waals surface area contributed by atoms with Crippen molar-refractivity contribution in [3.05, 3.63) is 47.8 Å². The molecule has 6 nitrogen and oxygen atoms in total. The Morgan fingerprint density at radius 2 is 1.77 bits per heavy atom. The van der Waals surface area contributed by atoms with Crippen LogP contribution in [0.25, 0.3) is 0 Å². The number of ketones is 1. The summed E-state index contributed by atoms with van der Waals surface area (Å²) in [5.74, 6) is 3.16. The fourth-order valence-electron chi connectivity index (χ4n) is 7.92. The van der Waals surface area contributed by atoms with Crippen LogP contribution >= 0.6 is 0 Å². The van der Waals surface area contributed by atoms with Crippen LogP contribution < -0.4 is 10.6 Å². The number of nitrogens with one attached hydrogen (secondary N) is 2. The number of amides is 2. The van der Waals surface area contributed by atoms with Gasteiger partial charge in [0, 0.05) is 6.54 Å². The highest BCUT2D eigenvalue weighted by atomic mass is 16.3. The number of rotatable bonds is 1. The highest BCUT2D eigenvalue weighted by molar-refractivity contribution is 6.27. The highest BCUT2D eigenvalue weighted by Gasteiger charge is 2.52. The minimum Gasteiger partial charge on any atom is -0.507 e. The monoisotopic (exact) mass is 478 g/mol. The molecule has 0 aromatic rings. The molecule has 0 unspecified atom stereocenters. The molecule has 3 N–H and O–H groups in total. The Hall–Kier alpha value is -2.63. The Bertz CT molecular complexity index is 1010. The Balaban J connectivity index is 1.46. The molecule has 0 aromatic carbocycles. The Kier molecular flexibility index (Phi) is 6.73. The average molecular weight is 479 g/mol. The van der Waals surface area contributed by atoms with Gasteiger partial charge in [0.05, 0.1) is 6.04 Å². The van der Waals surface area contributed by atoms with Gasteiger partial charge < -0.3 is 15.7 Å². The van der Waals surface area contributed by atoms with Crippen LogP contribution in [0.5, 0.6) is 0 Å². The molecular weight excluding hydrogens is 440 g/mol. The maximum atomic E-state index is 12.8. The fraction of sp³-hybridized carbons (Fsp3) is 0.621. The van der Waals surface area contributed by atoms with Crippen molar-refractivity contribution >= 4 is 17.6 Å². The molecular formula is C29H38N2O4. The van der Waals surface area contributed by atoms with E-state index in [1.807, 2.05) is 12.2 Å². The number of Topliss-reactive ketones (excluding diaryl/α,β-unsaturated/α-hetero) is 1. The van der Waals surface area contributed by atoms with E-state index in [9.17, 15) is 19.5 Å². The lowest BCUT2D eigenvalue weighted by Gasteiger charge is -2.35. The largest absolute Gasteiger partial charge is 0.507 e. The second kappa shape index (κ2) is 9.79. The summed E-state index contributed by atoms with van der Waals surface area (Å²) in [5, 5.41) is 16.3. The van der Waals surface area contributed by atoms with Gasteiger partial charge in [-0.05, 0) is 91.6 Å². The molecule has 0 spiro atoms. The van der Waals surface area contributed by atoms with E-state index in [0.717, 1.165) is 24.7 Å². The summed E-state index contributed by atoms with van der Waals surface area (Å²) in [7, 11) is 0. The first kappa shape index (κ1) is 24.1. The van der Waals surface area contributed by atoms with Crippen LogP contribution in [0.1, 0.15) is 52.4 Å². The molecule has 5 aliphatic rings. The third kappa shape index (κ3) is 4.41. The second-order valence-electron chi connectivity index (χ2n) is 11.3. The van der Waals surface area contributed by atoms with Gasteiger partial charge in [-0.1, -0.05) is 44.6 Å². The molecule has 9 atom stereocenters. The number of carbonyl (C=O) groups excluding carboxylic acids is 3. The normalized spacial score (nSPS) is 41.4. The molecule has 1 saturated heterocycles. The van der Waals surface area contributed by atoms with Crippen LogP contribution in [0.3, 0.4) is 0 Å². The van der Waals surface area contributed by atoms with Crippen molar-refractivity contribution in [3.63, 3.8) is 0 Å². The van der Waals surface area contributed by atoms with E-state index >= 15 is 0 Å². The van der Waals surface area contributed by atoms with E-state index in [-0.39, 0.29) is 28.9 Å². The quantitative estimate of drug-likeness (QED) is 0.392. The van der Waals surface area contributed by atoms with Gasteiger partial charge >= 0.3 is 0 Å². The predicted octanol–water partition coefficient (Wildman–Crippen LogP) is 4.02. The van der Waals surface area contributed by atoms with Crippen molar-refractivity contribution in [2.24, 2.45) is 47.3 Å². The first-order valence-corrected chi connectivity index (χ1v) is 13.5. The Morgan fingerprint density at radius 1 is 1.00 bits per heavy atom. The van der Waals surface area contributed by atoms with Gasteiger partial charge in [0.1, 0.15) is 11.3 Å². The van der Waals surface area contributed by atoms with Crippen LogP contribution in [0.2, 0.25) is 0 Å². The standard InChI is InChI=1S/C29H38N2O4/c1-3-18-16(2)14-22-20(18)10-11-21-19-6-4-8-26(33)30-13-5-7-24-28(34)27(29(35)31-24)25(32)12-9-17(19)15-23(21)22/h4,8-12,16-24,32H,3,5-7,13-15H2,1-2H3,(H,30,33)(H,31,35)/t16-,17-,18-,19+,20+,21-,22+,23+,24+/m1/s1. The molecule has 35 heavy (non-hydrogen) atoms. The number of hydrogen-bond acceptors (Lipinski definition) is 4. The van der Waals surface area contributed by atoms with Crippen molar-refractivity contribution in [3.8, 4) is 0 Å². The lowest BCUT2D eigenvalue weighted by atomic mass is 9.69. The number of allylic oxidation sites excluding steroid dienone is 5. The molecule has 2 aliphatic heterocycles. The van der Waals surface area contributed by atoms with Gasteiger partial charge in [-0.3, -0.25) is 14.4 Å². The molecule has 0 aromatic heterocycles. The van der Waals surface area contributed by atoms with Crippen LogP contribution in [0.4, 0.5) is 0 Å². The molecule has 2 saturated carbocycles. The minimum atomic E-state index is -0.645. The zero-order valence-electron chi connectivity index (χ0n) is 20.8. The Morgan fingerprint density at radius 3 is 2.57 bits per heavy atom. The summed E-state index contributed by atoms with van der Waals surface area (Å²) in [5.41, 5.74) is -0.135. The van der Waals surface area contributed by atoms with Gasteiger partial charge in [0.25, 0.3) is 5.91 Å². The van der Waals surface area contributed by atoms with Crippen molar-refractivity contribution in [2.45, 2.75) is 58.4 Å². The molecule has 2 heterocycles. The van der Waals surface area contributed by atoms with Gasteiger partial charge in [0.2, 0.25) is 5.91 Å². The van der Waals surface area contributed by atoms with E-state index in [1.54, 1.807) is 12.2 Å². The SMILES string of the molecule is CC[C@H]1[C@@H]2C=C[C@@H]3[C@H]4CC=CC(=O)NCCC[C@@H]5NC(=O)C(=C(O)C=C[C@@H]4C[C@@H]3[C@H]2C[C@H]1C)C5=O. The van der Waals surface area contributed by atoms with Crippen LogP contribution in [0.15, 0.2) is 47.8 Å². The van der Waals surface area contributed by atoms with Crippen molar-refractivity contribution < 1.29 is 19.5 Å². The number of fused-ring (bicyclic) bond motifs is 7. The first-order valence-electron chi connectivity index (χ1n) is 13.5. The summed E-state index contributed by atoms with van der Waals surface area (Å²) in [6.45, 7) is 5.14. The molecule has 6 heteroatoms. The third-order valence-electron chi connectivity index (χ3n) is 9.52. The zero-order valence-corrected chi connectivity index (χ0v) is 20.8. The van der Waals surface area contributed by atoms with Crippen molar-refractivity contribution in [2.75, 3.05) is 6.54 Å². The highest BCUT2D eigenvalue weighted by Crippen LogP contribution is 2.59. The molecule has 0 radical (unpaired) electrons. The lowest BCUT2D eigenvalue weighted by molar-refractivity contribution is -0.118. The summed E-state index contributed by atoms with van der Waals surface area (Å²) in [4.78, 5) is 37.6. The van der Waals surface area contributed by atoms with Gasteiger partial charge in [0.15, 0.2) is 5.78 Å². The summed E-state index contributed by atoms with van der Waals surface area (Å²) in [6.07, 6.45) is 17.4. The minimum absolute atomic E-state index is 0.117. The van der Waals surface area contributed by atoms with E-state index < -0.39 is 11.9 Å². The van der Waals surface area contributed by atoms with Crippen LogP contribution in [-0.4, -0.2) is 35.3 Å². The number of carbonyl (C=O) groups is 3. The maximum absolute atomic E-state index is 12.8. The summed E-state index contributed by atoms with van der Waals surface area (Å²) >= 11 is 0. The van der Waals surface area contributed by atoms with E-state index in [4.69, 9.17) is 0 Å². The third-order valence-corrected chi connectivity index (χ3v) is 9.52. The van der Waals surface area contributed by atoms with Crippen LogP contribution in [0, 0.1) is 47.3 Å². The fourth-order valence-corrected chi connectivity index (χ4v) is 7.92. The predicted molar refractivity (Wildman–Crippen MR) is 134 cm³/mol. The molecule has 2 bridgehead atoms. The molecule has 188 valence electrons. The number of aliphatic hydroxyl groups is 1. The summed E-state index contributed by atoms with van der Waals surface area (Å²) < 4.78 is 0. The van der Waals surface area contributed by atoms with E-state index in [0.29, 0.717) is 49.0 Å². The van der Waals surface area contributed by atoms with Gasteiger partial charge in [-0.2, -0.15) is 0 Å². The first-order chi connectivity index (χ1) is 16.9. The summed E-state index contributed by atoms with van der Waals surface area (Å²) in [6, 6.07) is -0.645. The van der Waals surface area contributed by atoms with E-state index in [2.05, 4.69) is 36.6 Å². The molecule has 2 amide bonds. The molecule has 3 aliphatic carbocycles. The van der Waals surface area contributed by atoms with Crippen LogP contribution in [-0.2, 0) is 14.4 Å². The molecule has 3 fully saturated rings. The topological polar surface area (TPSA) is 95.5 Å². The lowest BCUT2D eigenvalue weighted by Crippen LogP contribution is -2.31. The van der Waals surface area contributed by atoms with Crippen molar-refractivity contribution in [1.82, 2.24) is 10.6 Å². The number of aliphatic hydroxyl groups excluding tert-OH is 1.